The predicted molar refractivity (Wildman–Crippen MR) is 68.9 cm³/mol. The van der Waals surface area contributed by atoms with Gasteiger partial charge in [0.05, 0.1) is 11.6 Å². The van der Waals surface area contributed by atoms with E-state index >= 15 is 0 Å². The summed E-state index contributed by atoms with van der Waals surface area (Å²) in [4.78, 5) is 2.13. The molecule has 102 valence electrons. The van der Waals surface area contributed by atoms with E-state index in [1.165, 1.54) is 0 Å². The molecule has 2 heterocycles. The quantitative estimate of drug-likeness (QED) is 0.920. The molecule has 19 heavy (non-hydrogen) atoms. The molecule has 1 aliphatic heterocycles. The van der Waals surface area contributed by atoms with Crippen LogP contribution in [0.15, 0.2) is 24.4 Å². The van der Waals surface area contributed by atoms with Gasteiger partial charge in [0.15, 0.2) is 0 Å². The molecule has 3 nitrogen and oxygen atoms in total. The van der Waals surface area contributed by atoms with Crippen molar-refractivity contribution in [3.63, 3.8) is 0 Å². The van der Waals surface area contributed by atoms with E-state index in [0.717, 1.165) is 31.6 Å². The van der Waals surface area contributed by atoms with Crippen molar-refractivity contribution in [3.05, 3.63) is 36.0 Å². The molecule has 1 aromatic carbocycles. The van der Waals surface area contributed by atoms with Crippen LogP contribution in [-0.4, -0.2) is 40.3 Å². The average molecular weight is 266 g/mol. The van der Waals surface area contributed by atoms with Crippen LogP contribution in [0.5, 0.6) is 0 Å². The molecule has 1 fully saturated rings. The lowest BCUT2D eigenvalue weighted by molar-refractivity contribution is 0.175. The van der Waals surface area contributed by atoms with Crippen LogP contribution in [0.25, 0.3) is 10.9 Å². The second kappa shape index (κ2) is 4.90. The number of hydrogen-bond acceptors (Lipinski definition) is 2. The first-order valence-corrected chi connectivity index (χ1v) is 6.48. The number of benzene rings is 1. The Kier molecular flexibility index (Phi) is 3.24. The molecule has 0 saturated carbocycles. The first-order valence-electron chi connectivity index (χ1n) is 6.48. The Morgan fingerprint density at radius 2 is 1.95 bits per heavy atom. The largest absolute Gasteiger partial charge is 0.392 e. The summed E-state index contributed by atoms with van der Waals surface area (Å²) in [6, 6.07) is 3.92. The number of aromatic nitrogens is 1. The van der Waals surface area contributed by atoms with E-state index in [0.29, 0.717) is 24.0 Å². The van der Waals surface area contributed by atoms with E-state index in [-0.39, 0.29) is 6.10 Å². The lowest BCUT2D eigenvalue weighted by atomic mass is 10.2. The molecular weight excluding hydrogens is 250 g/mol. The molecular formula is C14H16F2N2O. The molecule has 0 amide bonds. The van der Waals surface area contributed by atoms with Gasteiger partial charge in [-0.2, -0.15) is 0 Å². The minimum absolute atomic E-state index is 0.254. The zero-order valence-electron chi connectivity index (χ0n) is 10.5. The SMILES string of the molecule is OC1CCN(CCn2ccc3c(F)ccc(F)c32)C1. The molecule has 1 aromatic heterocycles. The molecule has 1 N–H and O–H groups in total. The van der Waals surface area contributed by atoms with Gasteiger partial charge in [0, 0.05) is 37.8 Å². The third kappa shape index (κ3) is 2.35. The zero-order valence-corrected chi connectivity index (χ0v) is 10.5. The fourth-order valence-electron chi connectivity index (χ4n) is 2.70. The Bertz CT molecular complexity index is 596. The van der Waals surface area contributed by atoms with E-state index < -0.39 is 11.6 Å². The summed E-state index contributed by atoms with van der Waals surface area (Å²) in [6.07, 6.45) is 2.24. The van der Waals surface area contributed by atoms with Crippen LogP contribution in [-0.2, 0) is 6.54 Å². The molecule has 1 aliphatic rings. The van der Waals surface area contributed by atoms with Crippen molar-refractivity contribution in [2.24, 2.45) is 0 Å². The lowest BCUT2D eigenvalue weighted by Crippen LogP contribution is -2.26. The normalized spacial score (nSPS) is 20.5. The van der Waals surface area contributed by atoms with Crippen molar-refractivity contribution < 1.29 is 13.9 Å². The van der Waals surface area contributed by atoms with E-state index in [2.05, 4.69) is 4.90 Å². The minimum Gasteiger partial charge on any atom is -0.392 e. The average Bonchev–Trinajstić information content (AvgIpc) is 2.98. The van der Waals surface area contributed by atoms with Gasteiger partial charge in [-0.15, -0.1) is 0 Å². The summed E-state index contributed by atoms with van der Waals surface area (Å²) in [6.45, 7) is 2.85. The molecule has 3 rings (SSSR count). The Labute approximate surface area is 110 Å². The van der Waals surface area contributed by atoms with Crippen molar-refractivity contribution in [3.8, 4) is 0 Å². The summed E-state index contributed by atoms with van der Waals surface area (Å²) in [5.74, 6) is -0.797. The molecule has 5 heteroatoms. The highest BCUT2D eigenvalue weighted by Crippen LogP contribution is 2.22. The Morgan fingerprint density at radius 3 is 2.68 bits per heavy atom. The number of aliphatic hydroxyl groups excluding tert-OH is 1. The topological polar surface area (TPSA) is 28.4 Å². The summed E-state index contributed by atoms with van der Waals surface area (Å²) >= 11 is 0. The maximum Gasteiger partial charge on any atom is 0.147 e. The predicted octanol–water partition coefficient (Wildman–Crippen LogP) is 1.99. The van der Waals surface area contributed by atoms with Crippen LogP contribution in [0.4, 0.5) is 8.78 Å². The molecule has 0 bridgehead atoms. The number of nitrogens with zero attached hydrogens (tertiary/aromatic N) is 2. The molecule has 1 atom stereocenters. The summed E-state index contributed by atoms with van der Waals surface area (Å²) in [7, 11) is 0. The smallest absolute Gasteiger partial charge is 0.147 e. The van der Waals surface area contributed by atoms with E-state index in [1.807, 2.05) is 0 Å². The highest BCUT2D eigenvalue weighted by Gasteiger charge is 2.20. The number of β-amino-alcohol motifs (C(OH)–C–C–N with tert-alkyl or cyclic N) is 1. The Hall–Kier alpha value is -1.46. The van der Waals surface area contributed by atoms with E-state index in [4.69, 9.17) is 0 Å². The van der Waals surface area contributed by atoms with Crippen molar-refractivity contribution >= 4 is 10.9 Å². The van der Waals surface area contributed by atoms with Gasteiger partial charge in [0.2, 0.25) is 0 Å². The molecule has 2 aromatic rings. The van der Waals surface area contributed by atoms with Crippen molar-refractivity contribution in [1.82, 2.24) is 9.47 Å². The van der Waals surface area contributed by atoms with Crippen molar-refractivity contribution in [2.45, 2.75) is 19.1 Å². The molecule has 0 aliphatic carbocycles. The van der Waals surface area contributed by atoms with Gasteiger partial charge in [0.1, 0.15) is 11.6 Å². The van der Waals surface area contributed by atoms with Crippen LogP contribution in [0.3, 0.4) is 0 Å². The highest BCUT2D eigenvalue weighted by atomic mass is 19.1. The summed E-state index contributed by atoms with van der Waals surface area (Å²) in [5.41, 5.74) is 0.319. The van der Waals surface area contributed by atoms with Gasteiger partial charge >= 0.3 is 0 Å². The van der Waals surface area contributed by atoms with Crippen molar-refractivity contribution in [1.29, 1.82) is 0 Å². The molecule has 0 radical (unpaired) electrons. The van der Waals surface area contributed by atoms with Gasteiger partial charge in [-0.05, 0) is 24.6 Å². The summed E-state index contributed by atoms with van der Waals surface area (Å²) in [5, 5.41) is 9.77. The van der Waals surface area contributed by atoms with Gasteiger partial charge in [-0.1, -0.05) is 0 Å². The second-order valence-corrected chi connectivity index (χ2v) is 5.04. The van der Waals surface area contributed by atoms with Crippen LogP contribution >= 0.6 is 0 Å². The van der Waals surface area contributed by atoms with Crippen LogP contribution < -0.4 is 0 Å². The van der Waals surface area contributed by atoms with Crippen LogP contribution in [0.2, 0.25) is 0 Å². The van der Waals surface area contributed by atoms with Gasteiger partial charge in [-0.3, -0.25) is 4.90 Å². The lowest BCUT2D eigenvalue weighted by Gasteiger charge is -2.15. The zero-order chi connectivity index (χ0) is 13.4. The van der Waals surface area contributed by atoms with Crippen LogP contribution in [0.1, 0.15) is 6.42 Å². The molecule has 0 spiro atoms. The maximum absolute atomic E-state index is 13.8. The van der Waals surface area contributed by atoms with Gasteiger partial charge in [0.25, 0.3) is 0 Å². The van der Waals surface area contributed by atoms with Gasteiger partial charge < -0.3 is 9.67 Å². The van der Waals surface area contributed by atoms with Gasteiger partial charge in [-0.25, -0.2) is 8.78 Å². The molecule has 1 saturated heterocycles. The Balaban J connectivity index is 1.80. The molecule has 1 unspecified atom stereocenters. The van der Waals surface area contributed by atoms with E-state index in [1.54, 1.807) is 16.8 Å². The van der Waals surface area contributed by atoms with Crippen LogP contribution in [0, 0.1) is 11.6 Å². The third-order valence-corrected chi connectivity index (χ3v) is 3.73. The number of fused-ring (bicyclic) bond motifs is 1. The Morgan fingerprint density at radius 1 is 1.16 bits per heavy atom. The minimum atomic E-state index is -0.400. The standard InChI is InChI=1S/C14H16F2N2O/c15-12-1-2-13(16)14-11(12)4-6-18(14)8-7-17-5-3-10(19)9-17/h1-2,4,6,10,19H,3,5,7-9H2. The number of aliphatic hydroxyl groups is 1. The monoisotopic (exact) mass is 266 g/mol. The number of hydrogen-bond donors (Lipinski definition) is 1. The fourth-order valence-corrected chi connectivity index (χ4v) is 2.70. The highest BCUT2D eigenvalue weighted by molar-refractivity contribution is 5.81. The maximum atomic E-state index is 13.8. The number of halogens is 2. The summed E-state index contributed by atoms with van der Waals surface area (Å²) < 4.78 is 29.1. The first-order chi connectivity index (χ1) is 9.15. The fraction of sp³-hybridized carbons (Fsp3) is 0.429. The number of likely N-dealkylation sites (tertiary alicyclic amines) is 1. The van der Waals surface area contributed by atoms with Crippen molar-refractivity contribution in [2.75, 3.05) is 19.6 Å². The third-order valence-electron chi connectivity index (χ3n) is 3.73. The van der Waals surface area contributed by atoms with E-state index in [9.17, 15) is 13.9 Å². The second-order valence-electron chi connectivity index (χ2n) is 5.04. The number of rotatable bonds is 3. The first kappa shape index (κ1) is 12.6.